The molecule has 0 aliphatic heterocycles. The van der Waals surface area contributed by atoms with Crippen molar-refractivity contribution >= 4 is 17.7 Å². The lowest BCUT2D eigenvalue weighted by molar-refractivity contribution is -0.253. The van der Waals surface area contributed by atoms with Gasteiger partial charge in [0.1, 0.15) is 11.3 Å². The number of hydrogen-bond donors (Lipinski definition) is 1. The number of hydrogen-bond acceptors (Lipinski definition) is 4. The van der Waals surface area contributed by atoms with Crippen molar-refractivity contribution in [1.82, 2.24) is 10.3 Å². The largest absolute Gasteiger partial charge is 0.461 e. The van der Waals surface area contributed by atoms with E-state index < -0.39 is 29.9 Å². The van der Waals surface area contributed by atoms with Gasteiger partial charge in [-0.2, -0.15) is 17.6 Å². The first kappa shape index (κ1) is 27.3. The van der Waals surface area contributed by atoms with Crippen molar-refractivity contribution in [1.29, 1.82) is 0 Å². The number of nitrogens with one attached hydrogen (secondary N) is 1. The first-order valence-corrected chi connectivity index (χ1v) is 11.5. The number of carbonyl (C=O) groups excluding carboxylic acids is 1. The van der Waals surface area contributed by atoms with Crippen LogP contribution in [0.3, 0.4) is 0 Å². The van der Waals surface area contributed by atoms with Gasteiger partial charge in [0.2, 0.25) is 0 Å². The smallest absolute Gasteiger partial charge is 0.449 e. The molecule has 0 aliphatic carbocycles. The number of halogens is 5. The maximum atomic E-state index is 13.7. The van der Waals surface area contributed by atoms with E-state index in [1.165, 1.54) is 12.3 Å². The number of ether oxygens (including phenoxy) is 2. The molecule has 0 fully saturated rings. The molecule has 1 N–H and O–H groups in total. The van der Waals surface area contributed by atoms with E-state index in [1.807, 2.05) is 32.0 Å². The minimum absolute atomic E-state index is 0.0567. The van der Waals surface area contributed by atoms with Crippen LogP contribution in [0, 0.1) is 5.92 Å². The van der Waals surface area contributed by atoms with Crippen LogP contribution in [-0.4, -0.2) is 30.2 Å². The minimum Gasteiger partial charge on any atom is -0.449 e. The van der Waals surface area contributed by atoms with Crippen LogP contribution < -0.4 is 10.1 Å². The standard InChI is InChI=1S/C26H25ClF4N2O3/c1-17(2)16-35-24(34)33-25(14-18-7-4-3-5-8-18,22-12-11-20(27)15-32-22)19-9-6-10-21(13-19)36-26(30,31)23(28)29/h3-13,15,17,23H,14,16H2,1-2H3,(H,33,34)/t25-/m0/s1. The molecule has 36 heavy (non-hydrogen) atoms. The van der Waals surface area contributed by atoms with Crippen LogP contribution in [0.4, 0.5) is 22.4 Å². The maximum Gasteiger partial charge on any atom is 0.461 e. The molecule has 0 spiro atoms. The van der Waals surface area contributed by atoms with Gasteiger partial charge in [0.15, 0.2) is 0 Å². The van der Waals surface area contributed by atoms with Crippen molar-refractivity contribution in [2.45, 2.75) is 38.3 Å². The van der Waals surface area contributed by atoms with E-state index in [2.05, 4.69) is 15.0 Å². The molecule has 2 aromatic carbocycles. The first-order chi connectivity index (χ1) is 17.0. The van der Waals surface area contributed by atoms with Gasteiger partial charge in [-0.25, -0.2) is 4.79 Å². The van der Waals surface area contributed by atoms with Gasteiger partial charge in [0.25, 0.3) is 0 Å². The fraction of sp³-hybridized carbons (Fsp3) is 0.308. The molecule has 0 bridgehead atoms. The Kier molecular flexibility index (Phi) is 8.79. The average molecular weight is 525 g/mol. The molecule has 0 aliphatic rings. The number of nitrogens with zero attached hydrogens (tertiary/aromatic N) is 1. The number of carbonyl (C=O) groups is 1. The van der Waals surface area contributed by atoms with Crippen LogP contribution in [0.2, 0.25) is 5.02 Å². The molecule has 0 unspecified atom stereocenters. The van der Waals surface area contributed by atoms with Gasteiger partial charge in [-0.1, -0.05) is 67.9 Å². The van der Waals surface area contributed by atoms with Crippen molar-refractivity contribution in [3.05, 3.63) is 94.8 Å². The summed E-state index contributed by atoms with van der Waals surface area (Å²) in [6.07, 6.45) is -8.02. The zero-order chi connectivity index (χ0) is 26.3. The number of rotatable bonds is 10. The Morgan fingerprint density at radius 3 is 2.39 bits per heavy atom. The van der Waals surface area contributed by atoms with Gasteiger partial charge in [-0.15, -0.1) is 0 Å². The van der Waals surface area contributed by atoms with Gasteiger partial charge in [-0.3, -0.25) is 4.98 Å². The van der Waals surface area contributed by atoms with Crippen molar-refractivity contribution in [2.24, 2.45) is 5.92 Å². The lowest BCUT2D eigenvalue weighted by Crippen LogP contribution is -2.49. The van der Waals surface area contributed by atoms with Crippen LogP contribution in [0.25, 0.3) is 0 Å². The molecule has 10 heteroatoms. The number of alkyl halides is 4. The lowest BCUT2D eigenvalue weighted by Gasteiger charge is -2.35. The van der Waals surface area contributed by atoms with Gasteiger partial charge in [-0.05, 0) is 41.3 Å². The topological polar surface area (TPSA) is 60.5 Å². The SMILES string of the molecule is CC(C)COC(=O)N[C@@](Cc1ccccc1)(c1cccc(OC(F)(F)C(F)F)c1)c1ccc(Cl)cn1. The van der Waals surface area contributed by atoms with Gasteiger partial charge in [0.05, 0.1) is 17.3 Å². The fourth-order valence-electron chi connectivity index (χ4n) is 3.53. The van der Waals surface area contributed by atoms with E-state index in [0.717, 1.165) is 17.7 Å². The molecule has 1 atom stereocenters. The Balaban J connectivity index is 2.16. The summed E-state index contributed by atoms with van der Waals surface area (Å²) < 4.78 is 62.6. The highest BCUT2D eigenvalue weighted by molar-refractivity contribution is 6.30. The summed E-state index contributed by atoms with van der Waals surface area (Å²) in [5.41, 5.74) is -0.123. The quantitative estimate of drug-likeness (QED) is 0.295. The third-order valence-corrected chi connectivity index (χ3v) is 5.40. The summed E-state index contributed by atoms with van der Waals surface area (Å²) >= 11 is 6.04. The predicted octanol–water partition coefficient (Wildman–Crippen LogP) is 6.84. The first-order valence-electron chi connectivity index (χ1n) is 11.1. The summed E-state index contributed by atoms with van der Waals surface area (Å²) in [6.45, 7) is 3.87. The molecule has 0 saturated heterocycles. The molecular formula is C26H25ClF4N2O3. The second kappa shape index (κ2) is 11.6. The van der Waals surface area contributed by atoms with Crippen LogP contribution in [0.15, 0.2) is 72.9 Å². The molecule has 0 saturated carbocycles. The third-order valence-electron chi connectivity index (χ3n) is 5.17. The summed E-state index contributed by atoms with van der Waals surface area (Å²) in [5, 5.41) is 3.18. The lowest BCUT2D eigenvalue weighted by atomic mass is 9.80. The van der Waals surface area contributed by atoms with Crippen molar-refractivity contribution < 1.29 is 31.8 Å². The summed E-state index contributed by atoms with van der Waals surface area (Å²) in [4.78, 5) is 17.3. The molecule has 5 nitrogen and oxygen atoms in total. The highest BCUT2D eigenvalue weighted by Gasteiger charge is 2.44. The van der Waals surface area contributed by atoms with E-state index in [1.54, 1.807) is 30.3 Å². The van der Waals surface area contributed by atoms with E-state index in [0.29, 0.717) is 10.7 Å². The van der Waals surface area contributed by atoms with E-state index in [9.17, 15) is 22.4 Å². The second-order valence-corrected chi connectivity index (χ2v) is 8.98. The monoisotopic (exact) mass is 524 g/mol. The second-order valence-electron chi connectivity index (χ2n) is 8.54. The van der Waals surface area contributed by atoms with Gasteiger partial charge >= 0.3 is 18.6 Å². The van der Waals surface area contributed by atoms with Crippen LogP contribution in [-0.2, 0) is 16.7 Å². The number of alkyl carbamates (subject to hydrolysis) is 1. The molecule has 192 valence electrons. The molecule has 1 amide bonds. The molecule has 3 rings (SSSR count). The van der Waals surface area contributed by atoms with Crippen LogP contribution >= 0.6 is 11.6 Å². The minimum atomic E-state index is -4.71. The summed E-state index contributed by atoms with van der Waals surface area (Å²) in [6, 6.07) is 17.4. The maximum absolute atomic E-state index is 13.7. The Hall–Kier alpha value is -3.33. The molecule has 1 aromatic heterocycles. The Bertz CT molecular complexity index is 1150. The molecular weight excluding hydrogens is 500 g/mol. The molecule has 3 aromatic rings. The van der Waals surface area contributed by atoms with E-state index >= 15 is 0 Å². The summed E-state index contributed by atoms with van der Waals surface area (Å²) in [5.74, 6) is -0.456. The van der Waals surface area contributed by atoms with E-state index in [4.69, 9.17) is 16.3 Å². The fourth-order valence-corrected chi connectivity index (χ4v) is 3.64. The van der Waals surface area contributed by atoms with Crippen LogP contribution in [0.1, 0.15) is 30.7 Å². The van der Waals surface area contributed by atoms with E-state index in [-0.39, 0.29) is 24.5 Å². The van der Waals surface area contributed by atoms with Crippen molar-refractivity contribution in [3.8, 4) is 5.75 Å². The van der Waals surface area contributed by atoms with Crippen molar-refractivity contribution in [2.75, 3.05) is 6.61 Å². The number of aromatic nitrogens is 1. The normalized spacial score (nSPS) is 13.4. The Labute approximate surface area is 211 Å². The zero-order valence-corrected chi connectivity index (χ0v) is 20.3. The number of pyridine rings is 1. The summed E-state index contributed by atoms with van der Waals surface area (Å²) in [7, 11) is 0. The van der Waals surface area contributed by atoms with Crippen molar-refractivity contribution in [3.63, 3.8) is 0 Å². The number of amides is 1. The Morgan fingerprint density at radius 1 is 1.06 bits per heavy atom. The van der Waals surface area contributed by atoms with Crippen LogP contribution in [0.5, 0.6) is 5.75 Å². The average Bonchev–Trinajstić information content (AvgIpc) is 2.83. The van der Waals surface area contributed by atoms with Gasteiger partial charge in [0, 0.05) is 12.6 Å². The molecule has 0 radical (unpaired) electrons. The highest BCUT2D eigenvalue weighted by Crippen LogP contribution is 2.36. The Morgan fingerprint density at radius 2 is 1.78 bits per heavy atom. The molecule has 1 heterocycles. The predicted molar refractivity (Wildman–Crippen MR) is 128 cm³/mol. The van der Waals surface area contributed by atoms with Gasteiger partial charge < -0.3 is 14.8 Å². The zero-order valence-electron chi connectivity index (χ0n) is 19.6. The third kappa shape index (κ3) is 6.87. The number of benzene rings is 2. The highest BCUT2D eigenvalue weighted by atomic mass is 35.5.